The van der Waals surface area contributed by atoms with Gasteiger partial charge in [-0.3, -0.25) is 4.79 Å². The fourth-order valence-electron chi connectivity index (χ4n) is 1.65. The van der Waals surface area contributed by atoms with Crippen LogP contribution in [-0.4, -0.2) is 12.9 Å². The van der Waals surface area contributed by atoms with Crippen molar-refractivity contribution < 1.29 is 9.53 Å². The summed E-state index contributed by atoms with van der Waals surface area (Å²) in [6.45, 7) is 0. The second-order valence-corrected chi connectivity index (χ2v) is 5.12. The van der Waals surface area contributed by atoms with Crippen LogP contribution in [0.25, 0.3) is 0 Å². The Morgan fingerprint density at radius 3 is 2.16 bits per heavy atom. The van der Waals surface area contributed by atoms with Crippen LogP contribution in [0.4, 0.5) is 0 Å². The third kappa shape index (κ3) is 3.21. The van der Waals surface area contributed by atoms with E-state index >= 15 is 0 Å². The van der Waals surface area contributed by atoms with Gasteiger partial charge in [0.05, 0.1) is 12.1 Å². The Hall–Kier alpha value is -1.22. The number of carbonyl (C=O) groups excluding carboxylic acids is 1. The number of methoxy groups -OCH3 is 1. The summed E-state index contributed by atoms with van der Waals surface area (Å²) in [5, 5.41) is 1.27. The molecule has 2 nitrogen and oxygen atoms in total. The maximum Gasteiger partial charge on any atom is 0.193 e. The normalized spacial score (nSPS) is 10.3. The quantitative estimate of drug-likeness (QED) is 0.754. The monoisotopic (exact) mass is 314 g/mol. The first-order valence-corrected chi connectivity index (χ1v) is 6.49. The van der Waals surface area contributed by atoms with Crippen LogP contribution in [0.2, 0.25) is 15.1 Å². The summed E-state index contributed by atoms with van der Waals surface area (Å²) in [5.41, 5.74) is 0.876. The molecule has 0 spiro atoms. The van der Waals surface area contributed by atoms with Crippen molar-refractivity contribution in [2.75, 3.05) is 7.11 Å². The fourth-order valence-corrected chi connectivity index (χ4v) is 2.37. The largest absolute Gasteiger partial charge is 0.495 e. The minimum Gasteiger partial charge on any atom is -0.495 e. The van der Waals surface area contributed by atoms with Crippen LogP contribution in [0.15, 0.2) is 36.4 Å². The van der Waals surface area contributed by atoms with Gasteiger partial charge in [-0.2, -0.15) is 0 Å². The molecule has 2 aromatic carbocycles. The number of hydrogen-bond acceptors (Lipinski definition) is 2. The summed E-state index contributed by atoms with van der Waals surface area (Å²) >= 11 is 17.7. The third-order valence-corrected chi connectivity index (χ3v) is 3.29. The van der Waals surface area contributed by atoms with Crippen molar-refractivity contribution in [3.8, 4) is 5.75 Å². The molecule has 0 saturated heterocycles. The van der Waals surface area contributed by atoms with Gasteiger partial charge in [0.1, 0.15) is 5.75 Å². The highest BCUT2D eigenvalue weighted by atomic mass is 35.5. The van der Waals surface area contributed by atoms with E-state index in [1.807, 2.05) is 0 Å². The van der Waals surface area contributed by atoms with E-state index in [2.05, 4.69) is 0 Å². The zero-order valence-corrected chi connectivity index (χ0v) is 12.2. The minimum absolute atomic E-state index is 0.195. The number of ether oxygens (including phenoxy) is 1. The minimum atomic E-state index is -0.195. The van der Waals surface area contributed by atoms with Gasteiger partial charge in [-0.25, -0.2) is 0 Å². The highest BCUT2D eigenvalue weighted by Crippen LogP contribution is 2.27. The maximum atomic E-state index is 12.3. The zero-order valence-electron chi connectivity index (χ0n) is 9.91. The Morgan fingerprint density at radius 2 is 1.58 bits per heavy atom. The molecule has 0 aliphatic rings. The predicted molar refractivity (Wildman–Crippen MR) is 77.9 cm³/mol. The lowest BCUT2D eigenvalue weighted by molar-refractivity contribution is 0.103. The standard InChI is InChI=1S/C14H9Cl3O2/c1-19-13-6-8(2-3-12(13)17)14(18)9-4-10(15)7-11(16)5-9/h2-7H,1H3. The molecule has 2 rings (SSSR count). The molecule has 0 N–H and O–H groups in total. The highest BCUT2D eigenvalue weighted by Gasteiger charge is 2.13. The second-order valence-electron chi connectivity index (χ2n) is 3.84. The first-order valence-electron chi connectivity index (χ1n) is 5.35. The van der Waals surface area contributed by atoms with Crippen molar-refractivity contribution in [2.24, 2.45) is 0 Å². The van der Waals surface area contributed by atoms with Gasteiger partial charge >= 0.3 is 0 Å². The zero-order chi connectivity index (χ0) is 14.0. The SMILES string of the molecule is COc1cc(C(=O)c2cc(Cl)cc(Cl)c2)ccc1Cl. The summed E-state index contributed by atoms with van der Waals surface area (Å²) < 4.78 is 5.08. The van der Waals surface area contributed by atoms with Gasteiger partial charge in [-0.15, -0.1) is 0 Å². The first kappa shape index (κ1) is 14.2. The molecular weight excluding hydrogens is 307 g/mol. The molecule has 0 aliphatic carbocycles. The van der Waals surface area contributed by atoms with E-state index in [1.54, 1.807) is 36.4 Å². The van der Waals surface area contributed by atoms with Crippen molar-refractivity contribution >= 4 is 40.6 Å². The van der Waals surface area contributed by atoms with Gasteiger partial charge in [-0.05, 0) is 36.4 Å². The van der Waals surface area contributed by atoms with E-state index < -0.39 is 0 Å². The summed E-state index contributed by atoms with van der Waals surface area (Å²) in [6, 6.07) is 9.53. The molecule has 0 radical (unpaired) electrons. The fraction of sp³-hybridized carbons (Fsp3) is 0.0714. The number of ketones is 1. The summed E-state index contributed by atoms with van der Waals surface area (Å²) in [4.78, 5) is 12.3. The van der Waals surface area contributed by atoms with Crippen LogP contribution >= 0.6 is 34.8 Å². The Morgan fingerprint density at radius 1 is 0.947 bits per heavy atom. The van der Waals surface area contributed by atoms with E-state index in [4.69, 9.17) is 39.5 Å². The lowest BCUT2D eigenvalue weighted by Crippen LogP contribution is -2.02. The molecule has 0 aromatic heterocycles. The van der Waals surface area contributed by atoms with E-state index in [0.29, 0.717) is 31.9 Å². The van der Waals surface area contributed by atoms with Crippen molar-refractivity contribution in [3.63, 3.8) is 0 Å². The van der Waals surface area contributed by atoms with Crippen molar-refractivity contribution in [1.29, 1.82) is 0 Å². The molecule has 0 fully saturated rings. The number of hydrogen-bond donors (Lipinski definition) is 0. The molecule has 0 aliphatic heterocycles. The molecule has 0 unspecified atom stereocenters. The average molecular weight is 316 g/mol. The third-order valence-electron chi connectivity index (χ3n) is 2.54. The first-order chi connectivity index (χ1) is 9.01. The van der Waals surface area contributed by atoms with Gasteiger partial charge in [0.2, 0.25) is 0 Å². The molecule has 0 bridgehead atoms. The smallest absolute Gasteiger partial charge is 0.193 e. The summed E-state index contributed by atoms with van der Waals surface area (Å²) in [5.74, 6) is 0.250. The van der Waals surface area contributed by atoms with Crippen LogP contribution in [0.1, 0.15) is 15.9 Å². The number of halogens is 3. The van der Waals surface area contributed by atoms with E-state index in [-0.39, 0.29) is 5.78 Å². The molecule has 0 heterocycles. The maximum absolute atomic E-state index is 12.3. The van der Waals surface area contributed by atoms with Gasteiger partial charge in [0, 0.05) is 21.2 Å². The highest BCUT2D eigenvalue weighted by molar-refractivity contribution is 6.35. The topological polar surface area (TPSA) is 26.3 Å². The molecule has 5 heteroatoms. The van der Waals surface area contributed by atoms with E-state index in [9.17, 15) is 4.79 Å². The van der Waals surface area contributed by atoms with Crippen molar-refractivity contribution in [1.82, 2.24) is 0 Å². The molecule has 2 aromatic rings. The molecular formula is C14H9Cl3O2. The van der Waals surface area contributed by atoms with Crippen LogP contribution < -0.4 is 4.74 Å². The van der Waals surface area contributed by atoms with Gasteiger partial charge in [0.25, 0.3) is 0 Å². The van der Waals surface area contributed by atoms with Crippen LogP contribution in [0.5, 0.6) is 5.75 Å². The Balaban J connectivity index is 2.43. The lowest BCUT2D eigenvalue weighted by atomic mass is 10.0. The van der Waals surface area contributed by atoms with Gasteiger partial charge in [0.15, 0.2) is 5.78 Å². The van der Waals surface area contributed by atoms with Crippen LogP contribution in [0, 0.1) is 0 Å². The number of rotatable bonds is 3. The average Bonchev–Trinajstić information content (AvgIpc) is 2.37. The Labute approximate surface area is 125 Å². The Kier molecular flexibility index (Phi) is 4.35. The predicted octanol–water partition coefficient (Wildman–Crippen LogP) is 4.89. The molecule has 0 saturated carbocycles. The van der Waals surface area contributed by atoms with Gasteiger partial charge < -0.3 is 4.74 Å². The van der Waals surface area contributed by atoms with E-state index in [0.717, 1.165) is 0 Å². The number of benzene rings is 2. The molecule has 19 heavy (non-hydrogen) atoms. The molecule has 0 atom stereocenters. The molecule has 98 valence electrons. The van der Waals surface area contributed by atoms with Crippen molar-refractivity contribution in [2.45, 2.75) is 0 Å². The summed E-state index contributed by atoms with van der Waals surface area (Å²) in [6.07, 6.45) is 0. The lowest BCUT2D eigenvalue weighted by Gasteiger charge is -2.07. The second kappa shape index (κ2) is 5.83. The van der Waals surface area contributed by atoms with Crippen molar-refractivity contribution in [3.05, 3.63) is 62.6 Å². The van der Waals surface area contributed by atoms with Crippen LogP contribution in [0.3, 0.4) is 0 Å². The van der Waals surface area contributed by atoms with E-state index in [1.165, 1.54) is 7.11 Å². The Bertz CT molecular complexity index is 618. The molecule has 0 amide bonds. The van der Waals surface area contributed by atoms with Crippen LogP contribution in [-0.2, 0) is 0 Å². The number of carbonyl (C=O) groups is 1. The van der Waals surface area contributed by atoms with Gasteiger partial charge in [-0.1, -0.05) is 34.8 Å². The summed E-state index contributed by atoms with van der Waals surface area (Å²) in [7, 11) is 1.49.